The number of carboxylic acids is 2. The van der Waals surface area contributed by atoms with Crippen molar-refractivity contribution >= 4 is 45.2 Å². The lowest BCUT2D eigenvalue weighted by Crippen LogP contribution is -2.44. The Bertz CT molecular complexity index is 699. The maximum absolute atomic E-state index is 11.7. The average molecular weight is 309 g/mol. The molecule has 1 aromatic heterocycles. The number of aliphatic carboxylic acids is 2. The molecule has 2 amide bonds. The highest BCUT2D eigenvalue weighted by molar-refractivity contribution is 7.16. The molecule has 2 rings (SSSR count). The molecule has 0 bridgehead atoms. The summed E-state index contributed by atoms with van der Waals surface area (Å²) in [7, 11) is 0. The minimum Gasteiger partial charge on any atom is -0.481 e. The Morgan fingerprint density at radius 3 is 2.71 bits per heavy atom. The van der Waals surface area contributed by atoms with E-state index < -0.39 is 30.4 Å². The molecule has 0 spiro atoms. The second-order valence-electron chi connectivity index (χ2n) is 4.12. The first-order valence-electron chi connectivity index (χ1n) is 5.81. The van der Waals surface area contributed by atoms with E-state index in [1.54, 1.807) is 23.7 Å². The highest BCUT2D eigenvalue weighted by atomic mass is 32.1. The molecule has 0 aliphatic heterocycles. The number of urea groups is 1. The van der Waals surface area contributed by atoms with Gasteiger partial charge in [0.15, 0.2) is 0 Å². The predicted octanol–water partition coefficient (Wildman–Crippen LogP) is 1.35. The Balaban J connectivity index is 2.02. The fourth-order valence-corrected chi connectivity index (χ4v) is 2.35. The van der Waals surface area contributed by atoms with Crippen LogP contribution in [0.4, 0.5) is 10.5 Å². The predicted molar refractivity (Wildman–Crippen MR) is 75.5 cm³/mol. The lowest BCUT2D eigenvalue weighted by atomic mass is 10.2. The van der Waals surface area contributed by atoms with Crippen LogP contribution in [0.2, 0.25) is 0 Å². The minimum absolute atomic E-state index is 0.462. The van der Waals surface area contributed by atoms with E-state index in [9.17, 15) is 14.4 Å². The van der Waals surface area contributed by atoms with Gasteiger partial charge < -0.3 is 20.8 Å². The number of thiazole rings is 1. The number of benzene rings is 1. The van der Waals surface area contributed by atoms with E-state index in [-0.39, 0.29) is 0 Å². The lowest BCUT2D eigenvalue weighted by molar-refractivity contribution is -0.145. The van der Waals surface area contributed by atoms with Crippen LogP contribution in [0.3, 0.4) is 0 Å². The summed E-state index contributed by atoms with van der Waals surface area (Å²) in [5.41, 5.74) is 2.92. The molecule has 9 heteroatoms. The molecule has 1 heterocycles. The molecule has 1 aromatic carbocycles. The lowest BCUT2D eigenvalue weighted by Gasteiger charge is -2.13. The van der Waals surface area contributed by atoms with Crippen molar-refractivity contribution in [1.29, 1.82) is 0 Å². The van der Waals surface area contributed by atoms with Gasteiger partial charge in [-0.25, -0.2) is 14.6 Å². The molecule has 0 aliphatic rings. The van der Waals surface area contributed by atoms with Crippen molar-refractivity contribution in [3.8, 4) is 0 Å². The van der Waals surface area contributed by atoms with E-state index in [1.807, 2.05) is 0 Å². The second-order valence-corrected chi connectivity index (χ2v) is 5.01. The number of hydrogen-bond donors (Lipinski definition) is 4. The van der Waals surface area contributed by atoms with Gasteiger partial charge in [0.2, 0.25) is 0 Å². The van der Waals surface area contributed by atoms with Crippen molar-refractivity contribution in [3.63, 3.8) is 0 Å². The van der Waals surface area contributed by atoms with Gasteiger partial charge in [-0.1, -0.05) is 0 Å². The third kappa shape index (κ3) is 3.89. The van der Waals surface area contributed by atoms with Crippen molar-refractivity contribution < 1.29 is 24.6 Å². The Labute approximate surface area is 122 Å². The van der Waals surface area contributed by atoms with Crippen LogP contribution in [-0.2, 0) is 9.59 Å². The summed E-state index contributed by atoms with van der Waals surface area (Å²) in [6, 6.07) is 2.75. The number of carbonyl (C=O) groups excluding carboxylic acids is 1. The average Bonchev–Trinajstić information content (AvgIpc) is 2.84. The van der Waals surface area contributed by atoms with E-state index in [0.717, 1.165) is 10.2 Å². The van der Waals surface area contributed by atoms with Crippen LogP contribution in [0, 0.1) is 0 Å². The number of nitrogens with one attached hydrogen (secondary N) is 2. The van der Waals surface area contributed by atoms with E-state index in [1.165, 1.54) is 11.3 Å². The smallest absolute Gasteiger partial charge is 0.326 e. The second kappa shape index (κ2) is 6.18. The van der Waals surface area contributed by atoms with Crippen molar-refractivity contribution in [3.05, 3.63) is 23.7 Å². The van der Waals surface area contributed by atoms with E-state index in [4.69, 9.17) is 10.2 Å². The first-order chi connectivity index (χ1) is 9.95. The van der Waals surface area contributed by atoms with Crippen LogP contribution in [0.5, 0.6) is 0 Å². The summed E-state index contributed by atoms with van der Waals surface area (Å²) < 4.78 is 0.869. The normalized spacial score (nSPS) is 11.8. The van der Waals surface area contributed by atoms with Gasteiger partial charge in [-0.05, 0) is 18.2 Å². The molecule has 1 atom stereocenters. The van der Waals surface area contributed by atoms with Crippen molar-refractivity contribution in [2.75, 3.05) is 5.32 Å². The summed E-state index contributed by atoms with van der Waals surface area (Å²) >= 11 is 1.40. The van der Waals surface area contributed by atoms with Gasteiger partial charge >= 0.3 is 18.0 Å². The van der Waals surface area contributed by atoms with E-state index in [2.05, 4.69) is 15.6 Å². The maximum atomic E-state index is 11.7. The first kappa shape index (κ1) is 14.7. The van der Waals surface area contributed by atoms with Crippen molar-refractivity contribution in [2.45, 2.75) is 12.5 Å². The third-order valence-electron chi connectivity index (χ3n) is 2.57. The summed E-state index contributed by atoms with van der Waals surface area (Å²) in [6.07, 6.45) is -0.698. The number of carbonyl (C=O) groups is 3. The molecular weight excluding hydrogens is 298 g/mol. The van der Waals surface area contributed by atoms with Gasteiger partial charge in [0.1, 0.15) is 6.04 Å². The SMILES string of the molecule is O=C(O)C[C@@H](NC(=O)Nc1ccc2ncsc2c1)C(=O)O. The third-order valence-corrected chi connectivity index (χ3v) is 3.36. The zero-order chi connectivity index (χ0) is 15.4. The first-order valence-corrected chi connectivity index (χ1v) is 6.69. The Hall–Kier alpha value is -2.68. The van der Waals surface area contributed by atoms with E-state index in [0.29, 0.717) is 5.69 Å². The van der Waals surface area contributed by atoms with Crippen LogP contribution < -0.4 is 10.6 Å². The molecule has 110 valence electrons. The minimum atomic E-state index is -1.49. The molecule has 0 fully saturated rings. The molecule has 0 saturated heterocycles. The highest BCUT2D eigenvalue weighted by Gasteiger charge is 2.22. The standard InChI is InChI=1S/C12H11N3O5S/c16-10(17)4-8(11(18)19)15-12(20)14-6-1-2-7-9(3-6)21-5-13-7/h1-3,5,8H,4H2,(H,16,17)(H,18,19)(H2,14,15,20)/t8-/m1/s1. The Morgan fingerprint density at radius 2 is 2.05 bits per heavy atom. The Kier molecular flexibility index (Phi) is 4.33. The number of nitrogens with zero attached hydrogens (tertiary/aromatic N) is 1. The van der Waals surface area contributed by atoms with Crippen molar-refractivity contribution in [2.24, 2.45) is 0 Å². The molecule has 4 N–H and O–H groups in total. The largest absolute Gasteiger partial charge is 0.481 e. The fraction of sp³-hybridized carbons (Fsp3) is 0.167. The summed E-state index contributed by atoms with van der Waals surface area (Å²) in [6.45, 7) is 0. The van der Waals surface area contributed by atoms with Gasteiger partial charge in [-0.2, -0.15) is 0 Å². The van der Waals surface area contributed by atoms with Gasteiger partial charge in [0, 0.05) is 5.69 Å². The summed E-state index contributed by atoms with van der Waals surface area (Å²) in [5.74, 6) is -2.72. The van der Waals surface area contributed by atoms with Crippen LogP contribution in [0.15, 0.2) is 23.7 Å². The fourth-order valence-electron chi connectivity index (χ4n) is 1.63. The number of rotatable bonds is 5. The van der Waals surface area contributed by atoms with Gasteiger partial charge in [0.25, 0.3) is 0 Å². The number of anilines is 1. The molecule has 0 unspecified atom stereocenters. The van der Waals surface area contributed by atoms with Crippen molar-refractivity contribution in [1.82, 2.24) is 10.3 Å². The number of fused-ring (bicyclic) bond motifs is 1. The monoisotopic (exact) mass is 309 g/mol. The van der Waals surface area contributed by atoms with E-state index >= 15 is 0 Å². The molecule has 0 saturated carbocycles. The molecule has 0 aliphatic carbocycles. The number of amides is 2. The number of hydrogen-bond acceptors (Lipinski definition) is 5. The number of carboxylic acid groups (broad SMARTS) is 2. The quantitative estimate of drug-likeness (QED) is 0.660. The summed E-state index contributed by atoms with van der Waals surface area (Å²) in [4.78, 5) is 37.2. The zero-order valence-corrected chi connectivity index (χ0v) is 11.4. The van der Waals surface area contributed by atoms with Crippen LogP contribution in [0.1, 0.15) is 6.42 Å². The van der Waals surface area contributed by atoms with Gasteiger partial charge in [-0.15, -0.1) is 11.3 Å². The van der Waals surface area contributed by atoms with Crippen LogP contribution >= 0.6 is 11.3 Å². The number of aromatic nitrogens is 1. The molecular formula is C12H11N3O5S. The Morgan fingerprint density at radius 1 is 1.29 bits per heavy atom. The van der Waals surface area contributed by atoms with Gasteiger partial charge in [0.05, 0.1) is 22.1 Å². The topological polar surface area (TPSA) is 129 Å². The molecule has 0 radical (unpaired) electrons. The highest BCUT2D eigenvalue weighted by Crippen LogP contribution is 2.21. The molecule has 8 nitrogen and oxygen atoms in total. The molecule has 21 heavy (non-hydrogen) atoms. The van der Waals surface area contributed by atoms with Crippen LogP contribution in [0.25, 0.3) is 10.2 Å². The zero-order valence-electron chi connectivity index (χ0n) is 10.6. The van der Waals surface area contributed by atoms with Crippen LogP contribution in [-0.4, -0.2) is 39.2 Å². The summed E-state index contributed by atoms with van der Waals surface area (Å²) in [5, 5.41) is 22.0. The van der Waals surface area contributed by atoms with Gasteiger partial charge in [-0.3, -0.25) is 4.79 Å². The maximum Gasteiger partial charge on any atom is 0.326 e. The molecule has 2 aromatic rings.